The van der Waals surface area contributed by atoms with Crippen LogP contribution in [0.4, 0.5) is 4.39 Å². The molecule has 0 aromatic carbocycles. The lowest BCUT2D eigenvalue weighted by Crippen LogP contribution is -2.62. The molecule has 3 aliphatic heterocycles. The van der Waals surface area contributed by atoms with E-state index in [4.69, 9.17) is 11.5 Å². The van der Waals surface area contributed by atoms with Crippen LogP contribution in [-0.2, 0) is 14.6 Å². The SMILES string of the molecule is CCC1=C(C(C(=O)NC2CNCCC2N2CCC(CS(C)(=O)=O)CC2)C(N)N)N=CC(F)CCC1C. The molecule has 0 aromatic heterocycles. The van der Waals surface area contributed by atoms with E-state index in [9.17, 15) is 17.6 Å². The molecule has 36 heavy (non-hydrogen) atoms. The second-order valence-electron chi connectivity index (χ2n) is 10.8. The van der Waals surface area contributed by atoms with Gasteiger partial charge in [-0.1, -0.05) is 13.8 Å². The molecule has 2 fully saturated rings. The third kappa shape index (κ3) is 7.80. The number of carbonyl (C=O) groups is 1. The number of rotatable bonds is 8. The molecule has 3 rings (SSSR count). The largest absolute Gasteiger partial charge is 0.350 e. The monoisotopic (exact) mass is 528 g/mol. The minimum atomic E-state index is -2.99. The molecule has 9 nitrogen and oxygen atoms in total. The van der Waals surface area contributed by atoms with Crippen molar-refractivity contribution in [2.24, 2.45) is 34.2 Å². The smallest absolute Gasteiger partial charge is 0.232 e. The number of nitrogens with one attached hydrogen (secondary N) is 2. The molecule has 5 atom stereocenters. The Hall–Kier alpha value is -1.40. The highest BCUT2D eigenvalue weighted by Crippen LogP contribution is 2.32. The van der Waals surface area contributed by atoms with Crippen LogP contribution in [-0.4, -0.2) is 88.0 Å². The van der Waals surface area contributed by atoms with E-state index in [-0.39, 0.29) is 35.6 Å². The highest BCUT2D eigenvalue weighted by atomic mass is 32.2. The van der Waals surface area contributed by atoms with Gasteiger partial charge in [-0.25, -0.2) is 12.8 Å². The van der Waals surface area contributed by atoms with Gasteiger partial charge in [0.15, 0.2) is 0 Å². The molecule has 0 aliphatic carbocycles. The van der Waals surface area contributed by atoms with Gasteiger partial charge in [0.25, 0.3) is 0 Å². The van der Waals surface area contributed by atoms with Crippen molar-refractivity contribution in [3.8, 4) is 0 Å². The molecule has 5 unspecified atom stereocenters. The van der Waals surface area contributed by atoms with Gasteiger partial charge in [0.1, 0.15) is 21.9 Å². The summed E-state index contributed by atoms with van der Waals surface area (Å²) in [6.07, 6.45) is 4.77. The third-order valence-electron chi connectivity index (χ3n) is 7.95. The lowest BCUT2D eigenvalue weighted by molar-refractivity contribution is -0.126. The zero-order valence-corrected chi connectivity index (χ0v) is 22.8. The van der Waals surface area contributed by atoms with Crippen LogP contribution in [0.5, 0.6) is 0 Å². The lowest BCUT2D eigenvalue weighted by Gasteiger charge is -2.44. The highest BCUT2D eigenvalue weighted by molar-refractivity contribution is 7.90. The van der Waals surface area contributed by atoms with Crippen molar-refractivity contribution in [1.29, 1.82) is 0 Å². The van der Waals surface area contributed by atoms with Gasteiger partial charge in [-0.3, -0.25) is 14.7 Å². The van der Waals surface area contributed by atoms with Gasteiger partial charge in [-0.2, -0.15) is 0 Å². The second kappa shape index (κ2) is 12.9. The first-order chi connectivity index (χ1) is 17.0. The number of nitrogens with zero attached hydrogens (tertiary/aromatic N) is 2. The quantitative estimate of drug-likeness (QED) is 0.344. The fourth-order valence-corrected chi connectivity index (χ4v) is 7.22. The van der Waals surface area contributed by atoms with Crippen LogP contribution in [0.25, 0.3) is 0 Å². The van der Waals surface area contributed by atoms with E-state index in [1.54, 1.807) is 0 Å². The van der Waals surface area contributed by atoms with Gasteiger partial charge in [0.2, 0.25) is 5.91 Å². The van der Waals surface area contributed by atoms with Crippen molar-refractivity contribution in [3.05, 3.63) is 11.3 Å². The predicted molar refractivity (Wildman–Crippen MR) is 142 cm³/mol. The topological polar surface area (TPSA) is 143 Å². The van der Waals surface area contributed by atoms with Crippen LogP contribution >= 0.6 is 0 Å². The zero-order chi connectivity index (χ0) is 26.5. The maximum atomic E-state index is 14.2. The Morgan fingerprint density at radius 3 is 2.56 bits per heavy atom. The first-order valence-electron chi connectivity index (χ1n) is 13.3. The van der Waals surface area contributed by atoms with E-state index in [1.807, 2.05) is 13.8 Å². The molecule has 11 heteroatoms. The summed E-state index contributed by atoms with van der Waals surface area (Å²) in [5, 5.41) is 6.57. The van der Waals surface area contributed by atoms with E-state index in [0.29, 0.717) is 31.5 Å². The maximum absolute atomic E-state index is 14.2. The van der Waals surface area contributed by atoms with E-state index in [2.05, 4.69) is 20.5 Å². The van der Waals surface area contributed by atoms with E-state index in [0.717, 1.165) is 44.5 Å². The first kappa shape index (κ1) is 29.2. The van der Waals surface area contributed by atoms with Crippen LogP contribution in [0.15, 0.2) is 16.3 Å². The molecule has 0 saturated carbocycles. The van der Waals surface area contributed by atoms with Crippen LogP contribution in [0.1, 0.15) is 52.4 Å². The summed E-state index contributed by atoms with van der Waals surface area (Å²) in [7, 11) is -2.99. The molecule has 6 N–H and O–H groups in total. The number of carbonyl (C=O) groups excluding carboxylic acids is 1. The molecule has 1 amide bonds. The summed E-state index contributed by atoms with van der Waals surface area (Å²) in [5.74, 6) is -0.642. The molecular weight excluding hydrogens is 483 g/mol. The number of sulfone groups is 1. The summed E-state index contributed by atoms with van der Waals surface area (Å²) in [5.41, 5.74) is 13.8. The average molecular weight is 529 g/mol. The Labute approximate surface area is 215 Å². The van der Waals surface area contributed by atoms with Crippen LogP contribution < -0.4 is 22.1 Å². The minimum absolute atomic E-state index is 0.0899. The second-order valence-corrected chi connectivity index (χ2v) is 13.0. The molecule has 0 bridgehead atoms. The number of alkyl halides is 1. The van der Waals surface area contributed by atoms with E-state index >= 15 is 0 Å². The number of likely N-dealkylation sites (tertiary alicyclic amines) is 1. The number of piperidine rings is 2. The number of amides is 1. The Morgan fingerprint density at radius 2 is 1.94 bits per heavy atom. The number of hydrogen-bond acceptors (Lipinski definition) is 8. The Bertz CT molecular complexity index is 917. The predicted octanol–water partition coefficient (Wildman–Crippen LogP) is 0.952. The molecule has 3 heterocycles. The highest BCUT2D eigenvalue weighted by Gasteiger charge is 2.37. The summed E-state index contributed by atoms with van der Waals surface area (Å²) in [6, 6.07) is -0.00726. The number of aliphatic imine (C=N–C) groups is 1. The van der Waals surface area contributed by atoms with Crippen molar-refractivity contribution in [2.75, 3.05) is 38.2 Å². The summed E-state index contributed by atoms with van der Waals surface area (Å²) in [6.45, 7) is 7.14. The minimum Gasteiger partial charge on any atom is -0.350 e. The molecular formula is C25H45FN6O3S. The molecule has 0 spiro atoms. The van der Waals surface area contributed by atoms with Gasteiger partial charge in [-0.15, -0.1) is 0 Å². The van der Waals surface area contributed by atoms with Gasteiger partial charge < -0.3 is 22.1 Å². The van der Waals surface area contributed by atoms with Crippen molar-refractivity contribution < 1.29 is 17.6 Å². The molecule has 0 radical (unpaired) electrons. The number of hydrogen-bond donors (Lipinski definition) is 4. The number of allylic oxidation sites excluding steroid dienone is 1. The summed E-state index contributed by atoms with van der Waals surface area (Å²) < 4.78 is 37.6. The van der Waals surface area contributed by atoms with Crippen molar-refractivity contribution in [2.45, 2.75) is 76.8 Å². The van der Waals surface area contributed by atoms with Gasteiger partial charge in [0.05, 0.1) is 23.7 Å². The number of nitrogens with two attached hydrogens (primary N) is 2. The molecule has 0 aromatic rings. The van der Waals surface area contributed by atoms with Crippen LogP contribution in [0, 0.1) is 17.8 Å². The van der Waals surface area contributed by atoms with Crippen LogP contribution in [0.2, 0.25) is 0 Å². The van der Waals surface area contributed by atoms with Crippen molar-refractivity contribution in [3.63, 3.8) is 0 Å². The fraction of sp³-hybridized carbons (Fsp3) is 0.840. The maximum Gasteiger partial charge on any atom is 0.232 e. The Balaban J connectivity index is 1.75. The summed E-state index contributed by atoms with van der Waals surface area (Å²) >= 11 is 0. The lowest BCUT2D eigenvalue weighted by atomic mass is 9.85. The molecule has 3 aliphatic rings. The molecule has 206 valence electrons. The van der Waals surface area contributed by atoms with Gasteiger partial charge in [-0.05, 0) is 75.6 Å². The first-order valence-corrected chi connectivity index (χ1v) is 15.4. The van der Waals surface area contributed by atoms with Crippen molar-refractivity contribution >= 4 is 22.0 Å². The summed E-state index contributed by atoms with van der Waals surface area (Å²) in [4.78, 5) is 20.5. The van der Waals surface area contributed by atoms with Crippen LogP contribution in [0.3, 0.4) is 0 Å². The number of halogens is 1. The normalized spacial score (nSPS) is 30.2. The zero-order valence-electron chi connectivity index (χ0n) is 22.0. The Morgan fingerprint density at radius 1 is 1.25 bits per heavy atom. The standard InChI is InChI=1S/C25H45FN6O3S/c1-4-19-16(2)5-6-18(26)13-30-23(19)22(24(27)28)25(33)31-20-14-29-10-7-21(20)32-11-8-17(9-12-32)15-36(3,34)35/h13,16-18,20-22,24,29H,4-12,14-15,27-28H2,1-3H3,(H,31,33). The van der Waals surface area contributed by atoms with E-state index < -0.39 is 28.1 Å². The third-order valence-corrected chi connectivity index (χ3v) is 9.02. The fourth-order valence-electron chi connectivity index (χ4n) is 6.03. The van der Waals surface area contributed by atoms with Gasteiger partial charge in [0, 0.05) is 25.1 Å². The van der Waals surface area contributed by atoms with E-state index in [1.165, 1.54) is 12.5 Å². The van der Waals surface area contributed by atoms with Gasteiger partial charge >= 0.3 is 0 Å². The Kier molecular flexibility index (Phi) is 10.5. The van der Waals surface area contributed by atoms with Crippen molar-refractivity contribution in [1.82, 2.24) is 15.5 Å². The molecule has 2 saturated heterocycles. The average Bonchev–Trinajstić information content (AvgIpc) is 2.80.